The van der Waals surface area contributed by atoms with Gasteiger partial charge in [-0.3, -0.25) is 4.79 Å². The zero-order valence-corrected chi connectivity index (χ0v) is 17.1. The molecule has 2 aromatic carbocycles. The molecule has 4 rings (SSSR count). The third-order valence-electron chi connectivity index (χ3n) is 5.36. The summed E-state index contributed by atoms with van der Waals surface area (Å²) in [6.07, 6.45) is 0. The number of ether oxygens (including phenoxy) is 3. The summed E-state index contributed by atoms with van der Waals surface area (Å²) in [5.41, 5.74) is 2.60. The van der Waals surface area contributed by atoms with E-state index in [4.69, 9.17) is 14.2 Å². The summed E-state index contributed by atoms with van der Waals surface area (Å²) in [4.78, 5) is 15.0. The van der Waals surface area contributed by atoms with Gasteiger partial charge in [0.2, 0.25) is 6.79 Å². The van der Waals surface area contributed by atoms with Gasteiger partial charge in [0.05, 0.1) is 18.7 Å². The highest BCUT2D eigenvalue weighted by molar-refractivity contribution is 6.00. The molecule has 29 heavy (non-hydrogen) atoms. The number of carbonyl (C=O) groups is 1. The van der Waals surface area contributed by atoms with Gasteiger partial charge < -0.3 is 29.0 Å². The molecule has 2 heterocycles. The largest absolute Gasteiger partial charge is 0.496 e. The molecule has 3 aromatic rings. The number of aromatic nitrogens is 1. The molecule has 0 saturated heterocycles. The van der Waals surface area contributed by atoms with E-state index in [1.807, 2.05) is 68.2 Å². The van der Waals surface area contributed by atoms with Gasteiger partial charge >= 0.3 is 0 Å². The fraction of sp³-hybridized carbons (Fsp3) is 0.318. The van der Waals surface area contributed by atoms with Gasteiger partial charge in [0.1, 0.15) is 11.4 Å². The summed E-state index contributed by atoms with van der Waals surface area (Å²) in [5, 5.41) is 3.99. The van der Waals surface area contributed by atoms with Crippen molar-refractivity contribution >= 4 is 16.8 Å². The molecule has 7 heteroatoms. The first-order valence-corrected chi connectivity index (χ1v) is 9.46. The number of nitrogens with one attached hydrogen (secondary N) is 1. The number of amides is 1. The van der Waals surface area contributed by atoms with E-state index in [0.717, 1.165) is 33.7 Å². The standard InChI is InChI=1S/C22H25N3O4/c1-24(2)18(14-8-9-20-21(10-14)29-13-28-20)12-23-22(26)17-11-15-16(25(17)3)6-5-7-19(15)27-4/h5-11,18H,12-13H2,1-4H3,(H,23,26)/t18-/m1/s1. The van der Waals surface area contributed by atoms with Gasteiger partial charge in [0, 0.05) is 19.0 Å². The molecule has 0 saturated carbocycles. The molecule has 1 aliphatic rings. The van der Waals surface area contributed by atoms with Crippen LogP contribution in [0.3, 0.4) is 0 Å². The topological polar surface area (TPSA) is 65.0 Å². The fourth-order valence-electron chi connectivity index (χ4n) is 3.73. The van der Waals surface area contributed by atoms with Gasteiger partial charge in [-0.1, -0.05) is 12.1 Å². The number of nitrogens with zero attached hydrogens (tertiary/aromatic N) is 2. The summed E-state index contributed by atoms with van der Waals surface area (Å²) in [7, 11) is 7.50. The Kier molecular flexibility index (Phi) is 5.07. The molecule has 0 spiro atoms. The van der Waals surface area contributed by atoms with Crippen LogP contribution in [0.4, 0.5) is 0 Å². The fourth-order valence-corrected chi connectivity index (χ4v) is 3.73. The highest BCUT2D eigenvalue weighted by atomic mass is 16.7. The molecule has 1 amide bonds. The van der Waals surface area contributed by atoms with E-state index >= 15 is 0 Å². The Morgan fingerprint density at radius 1 is 1.21 bits per heavy atom. The number of rotatable bonds is 6. The number of hydrogen-bond acceptors (Lipinski definition) is 5. The van der Waals surface area contributed by atoms with Crippen molar-refractivity contribution in [3.8, 4) is 17.2 Å². The zero-order valence-electron chi connectivity index (χ0n) is 17.1. The Bertz CT molecular complexity index is 1060. The van der Waals surface area contributed by atoms with Crippen LogP contribution < -0.4 is 19.5 Å². The lowest BCUT2D eigenvalue weighted by Gasteiger charge is -2.25. The lowest BCUT2D eigenvalue weighted by Crippen LogP contribution is -2.35. The number of likely N-dealkylation sites (N-methyl/N-ethyl adjacent to an activating group) is 1. The maximum Gasteiger partial charge on any atom is 0.268 e. The number of carbonyl (C=O) groups excluding carboxylic acids is 1. The molecular formula is C22H25N3O4. The van der Waals surface area contributed by atoms with Crippen LogP contribution in [0.15, 0.2) is 42.5 Å². The molecule has 0 bridgehead atoms. The first-order valence-electron chi connectivity index (χ1n) is 9.46. The molecule has 0 aliphatic carbocycles. The van der Waals surface area contributed by atoms with Crippen LogP contribution in [0.1, 0.15) is 22.1 Å². The molecule has 7 nitrogen and oxygen atoms in total. The maximum absolute atomic E-state index is 12.9. The van der Waals surface area contributed by atoms with Crippen LogP contribution >= 0.6 is 0 Å². The molecule has 1 atom stereocenters. The van der Waals surface area contributed by atoms with Gasteiger partial charge in [-0.05, 0) is 50.0 Å². The molecule has 0 fully saturated rings. The summed E-state index contributed by atoms with van der Waals surface area (Å²) < 4.78 is 18.2. The van der Waals surface area contributed by atoms with Crippen molar-refractivity contribution in [2.45, 2.75) is 6.04 Å². The smallest absolute Gasteiger partial charge is 0.268 e. The van der Waals surface area contributed by atoms with Crippen LogP contribution in [-0.2, 0) is 7.05 Å². The first-order chi connectivity index (χ1) is 14.0. The zero-order chi connectivity index (χ0) is 20.5. The van der Waals surface area contributed by atoms with Crippen molar-refractivity contribution in [1.29, 1.82) is 0 Å². The lowest BCUT2D eigenvalue weighted by atomic mass is 10.1. The third kappa shape index (κ3) is 3.49. The van der Waals surface area contributed by atoms with Gasteiger partial charge in [0.15, 0.2) is 11.5 Å². The SMILES string of the molecule is COc1cccc2c1cc(C(=O)NC[C@H](c1ccc3c(c1)OCO3)N(C)C)n2C. The highest BCUT2D eigenvalue weighted by Gasteiger charge is 2.22. The average molecular weight is 395 g/mol. The Balaban J connectivity index is 1.55. The summed E-state index contributed by atoms with van der Waals surface area (Å²) in [6.45, 7) is 0.705. The van der Waals surface area contributed by atoms with Crippen molar-refractivity contribution in [3.05, 3.63) is 53.7 Å². The monoisotopic (exact) mass is 395 g/mol. The molecule has 0 radical (unpaired) electrons. The predicted octanol–water partition coefficient (Wildman–Crippen LogP) is 2.95. The molecule has 152 valence electrons. The van der Waals surface area contributed by atoms with E-state index in [2.05, 4.69) is 10.2 Å². The Hall–Kier alpha value is -3.19. The van der Waals surface area contributed by atoms with Crippen molar-refractivity contribution in [3.63, 3.8) is 0 Å². The summed E-state index contributed by atoms with van der Waals surface area (Å²) in [5.74, 6) is 2.11. The van der Waals surface area contributed by atoms with E-state index in [0.29, 0.717) is 12.2 Å². The summed E-state index contributed by atoms with van der Waals surface area (Å²) >= 11 is 0. The molecule has 1 aromatic heterocycles. The Morgan fingerprint density at radius 3 is 2.76 bits per heavy atom. The first kappa shape index (κ1) is 19.1. The van der Waals surface area contributed by atoms with Crippen LogP contribution in [0.2, 0.25) is 0 Å². The van der Waals surface area contributed by atoms with Crippen molar-refractivity contribution < 1.29 is 19.0 Å². The minimum Gasteiger partial charge on any atom is -0.496 e. The average Bonchev–Trinajstić information content (AvgIpc) is 3.31. The third-order valence-corrected chi connectivity index (χ3v) is 5.36. The molecule has 0 unspecified atom stereocenters. The number of hydrogen-bond donors (Lipinski definition) is 1. The number of fused-ring (bicyclic) bond motifs is 2. The normalized spacial score (nSPS) is 13.7. The number of aryl methyl sites for hydroxylation is 1. The van der Waals surface area contributed by atoms with Crippen molar-refractivity contribution in [1.82, 2.24) is 14.8 Å². The van der Waals surface area contributed by atoms with Gasteiger partial charge in [0.25, 0.3) is 5.91 Å². The Labute approximate surface area is 169 Å². The summed E-state index contributed by atoms with van der Waals surface area (Å²) in [6, 6.07) is 13.5. The number of benzene rings is 2. The van der Waals surface area contributed by atoms with Crippen molar-refractivity contribution in [2.24, 2.45) is 7.05 Å². The predicted molar refractivity (Wildman–Crippen MR) is 111 cm³/mol. The van der Waals surface area contributed by atoms with Crippen LogP contribution in [0.5, 0.6) is 17.2 Å². The van der Waals surface area contributed by atoms with Gasteiger partial charge in [-0.15, -0.1) is 0 Å². The van der Waals surface area contributed by atoms with E-state index < -0.39 is 0 Å². The van der Waals surface area contributed by atoms with Crippen LogP contribution in [-0.4, -0.2) is 49.9 Å². The second kappa shape index (κ2) is 7.67. The van der Waals surface area contributed by atoms with E-state index in [1.54, 1.807) is 7.11 Å². The van der Waals surface area contributed by atoms with Gasteiger partial charge in [-0.25, -0.2) is 0 Å². The molecule has 1 N–H and O–H groups in total. The second-order valence-electron chi connectivity index (χ2n) is 7.28. The van der Waals surface area contributed by atoms with E-state index in [-0.39, 0.29) is 18.7 Å². The minimum absolute atomic E-state index is 0.00216. The number of methoxy groups -OCH3 is 1. The molecule has 1 aliphatic heterocycles. The Morgan fingerprint density at radius 2 is 2.00 bits per heavy atom. The quantitative estimate of drug-likeness (QED) is 0.695. The second-order valence-corrected chi connectivity index (χ2v) is 7.28. The van der Waals surface area contributed by atoms with Crippen molar-refractivity contribution in [2.75, 3.05) is 34.5 Å². The minimum atomic E-state index is -0.127. The van der Waals surface area contributed by atoms with E-state index in [1.165, 1.54) is 0 Å². The molecular weight excluding hydrogens is 370 g/mol. The lowest BCUT2D eigenvalue weighted by molar-refractivity contribution is 0.0934. The van der Waals surface area contributed by atoms with Crippen LogP contribution in [0, 0.1) is 0 Å². The highest BCUT2D eigenvalue weighted by Crippen LogP contribution is 2.35. The van der Waals surface area contributed by atoms with E-state index in [9.17, 15) is 4.79 Å². The van der Waals surface area contributed by atoms with Gasteiger partial charge in [-0.2, -0.15) is 0 Å². The maximum atomic E-state index is 12.9. The van der Waals surface area contributed by atoms with Crippen LogP contribution in [0.25, 0.3) is 10.9 Å².